The van der Waals surface area contributed by atoms with Gasteiger partial charge in [0.25, 0.3) is 0 Å². The SMILES string of the molecule is CCC(=O)N1CC2CC1CN2C(=O)C[C@@H](Cc1cc(F)c(F)cc1F)NC(=O)O. The molecule has 3 rings (SSSR count). The van der Waals surface area contributed by atoms with Crippen molar-refractivity contribution < 1.29 is 32.7 Å². The Kier molecular flexibility index (Phi) is 5.99. The molecule has 2 fully saturated rings. The third kappa shape index (κ3) is 4.46. The van der Waals surface area contributed by atoms with Gasteiger partial charge in [0.1, 0.15) is 5.82 Å². The molecule has 2 unspecified atom stereocenters. The first-order valence-corrected chi connectivity index (χ1v) is 9.41. The second-order valence-corrected chi connectivity index (χ2v) is 7.40. The highest BCUT2D eigenvalue weighted by atomic mass is 19.2. The number of likely N-dealkylation sites (tertiary alicyclic amines) is 2. The second-order valence-electron chi connectivity index (χ2n) is 7.40. The summed E-state index contributed by atoms with van der Waals surface area (Å²) in [5.74, 6) is -3.90. The average molecular weight is 413 g/mol. The van der Waals surface area contributed by atoms with Crippen molar-refractivity contribution in [1.82, 2.24) is 15.1 Å². The Morgan fingerprint density at radius 1 is 1.07 bits per heavy atom. The van der Waals surface area contributed by atoms with Crippen LogP contribution in [-0.2, 0) is 16.0 Å². The zero-order chi connectivity index (χ0) is 21.3. The molecule has 2 heterocycles. The monoisotopic (exact) mass is 413 g/mol. The lowest BCUT2D eigenvalue weighted by atomic mass is 10.0. The molecule has 158 valence electrons. The predicted octanol–water partition coefficient (Wildman–Crippen LogP) is 1.89. The summed E-state index contributed by atoms with van der Waals surface area (Å²) in [6.07, 6.45) is -0.902. The van der Waals surface area contributed by atoms with Crippen LogP contribution in [-0.4, -0.2) is 64.0 Å². The van der Waals surface area contributed by atoms with Gasteiger partial charge >= 0.3 is 6.09 Å². The van der Waals surface area contributed by atoms with E-state index in [0.717, 1.165) is 0 Å². The van der Waals surface area contributed by atoms with Gasteiger partial charge < -0.3 is 20.2 Å². The molecule has 3 amide bonds. The number of fused-ring (bicyclic) bond motifs is 2. The molecule has 2 saturated heterocycles. The molecule has 0 saturated carbocycles. The summed E-state index contributed by atoms with van der Waals surface area (Å²) in [6.45, 7) is 2.59. The van der Waals surface area contributed by atoms with Crippen molar-refractivity contribution in [2.75, 3.05) is 13.1 Å². The number of carboxylic acid groups (broad SMARTS) is 1. The van der Waals surface area contributed by atoms with Crippen LogP contribution in [0.4, 0.5) is 18.0 Å². The summed E-state index contributed by atoms with van der Waals surface area (Å²) in [4.78, 5) is 39.1. The molecule has 0 aromatic heterocycles. The summed E-state index contributed by atoms with van der Waals surface area (Å²) in [5.41, 5.74) is -0.224. The number of piperazine rings is 1. The number of rotatable bonds is 6. The molecule has 2 aliphatic heterocycles. The third-order valence-corrected chi connectivity index (χ3v) is 5.49. The third-order valence-electron chi connectivity index (χ3n) is 5.49. The Morgan fingerprint density at radius 2 is 1.66 bits per heavy atom. The number of amides is 3. The minimum atomic E-state index is -1.41. The average Bonchev–Trinajstić information content (AvgIpc) is 3.25. The van der Waals surface area contributed by atoms with Gasteiger partial charge in [0.2, 0.25) is 11.8 Å². The zero-order valence-corrected chi connectivity index (χ0v) is 15.8. The smallest absolute Gasteiger partial charge is 0.404 e. The molecule has 1 aromatic rings. The van der Waals surface area contributed by atoms with Crippen molar-refractivity contribution >= 4 is 17.9 Å². The summed E-state index contributed by atoms with van der Waals surface area (Å²) in [6, 6.07) is -0.132. The van der Waals surface area contributed by atoms with E-state index in [2.05, 4.69) is 5.32 Å². The number of nitrogens with zero attached hydrogens (tertiary/aromatic N) is 2. The summed E-state index contributed by atoms with van der Waals surface area (Å²) in [7, 11) is 0. The highest BCUT2D eigenvalue weighted by Crippen LogP contribution is 2.32. The molecule has 0 spiro atoms. The molecule has 2 N–H and O–H groups in total. The Labute approximate surface area is 165 Å². The van der Waals surface area contributed by atoms with Crippen molar-refractivity contribution in [1.29, 1.82) is 0 Å². The Bertz CT molecular complexity index is 835. The van der Waals surface area contributed by atoms with Gasteiger partial charge in [-0.3, -0.25) is 9.59 Å². The number of halogens is 3. The molecule has 7 nitrogen and oxygen atoms in total. The number of nitrogens with one attached hydrogen (secondary N) is 1. The van der Waals surface area contributed by atoms with E-state index in [1.807, 2.05) is 0 Å². The van der Waals surface area contributed by atoms with Crippen molar-refractivity contribution in [3.05, 3.63) is 35.1 Å². The van der Waals surface area contributed by atoms with E-state index >= 15 is 0 Å². The summed E-state index contributed by atoms with van der Waals surface area (Å²) in [5, 5.41) is 11.2. The van der Waals surface area contributed by atoms with Crippen molar-refractivity contribution in [3.8, 4) is 0 Å². The fraction of sp³-hybridized carbons (Fsp3) is 0.526. The van der Waals surface area contributed by atoms with Gasteiger partial charge in [-0.15, -0.1) is 0 Å². The van der Waals surface area contributed by atoms with Crippen LogP contribution in [0.1, 0.15) is 31.7 Å². The van der Waals surface area contributed by atoms with E-state index in [9.17, 15) is 27.6 Å². The van der Waals surface area contributed by atoms with E-state index in [1.54, 1.807) is 16.7 Å². The molecule has 2 bridgehead atoms. The lowest BCUT2D eigenvalue weighted by Crippen LogP contribution is -2.51. The quantitative estimate of drug-likeness (QED) is 0.697. The standard InChI is InChI=1S/C19H22F3N3O4/c1-2-17(26)24-8-13-6-12(24)9-25(13)18(27)5-11(23-19(28)29)3-10-4-15(21)16(22)7-14(10)20/h4,7,11-13,23H,2-3,5-6,8-9H2,1H3,(H,28,29)/t11-,12?,13?/m1/s1. The van der Waals surface area contributed by atoms with Crippen LogP contribution in [0.15, 0.2) is 12.1 Å². The van der Waals surface area contributed by atoms with Crippen molar-refractivity contribution in [3.63, 3.8) is 0 Å². The van der Waals surface area contributed by atoms with Crippen LogP contribution in [0.25, 0.3) is 0 Å². The predicted molar refractivity (Wildman–Crippen MR) is 95.5 cm³/mol. The van der Waals surface area contributed by atoms with Gasteiger partial charge in [0.05, 0.1) is 12.1 Å². The van der Waals surface area contributed by atoms with E-state index in [4.69, 9.17) is 5.11 Å². The molecule has 1 aromatic carbocycles. The van der Waals surface area contributed by atoms with Crippen LogP contribution in [0.2, 0.25) is 0 Å². The number of carbonyl (C=O) groups excluding carboxylic acids is 2. The fourth-order valence-electron chi connectivity index (χ4n) is 4.14. The van der Waals surface area contributed by atoms with E-state index in [-0.39, 0.29) is 42.3 Å². The highest BCUT2D eigenvalue weighted by molar-refractivity contribution is 5.81. The van der Waals surface area contributed by atoms with Crippen LogP contribution in [0, 0.1) is 17.5 Å². The Morgan fingerprint density at radius 3 is 2.21 bits per heavy atom. The number of benzene rings is 1. The molecule has 0 aliphatic carbocycles. The Hall–Kier alpha value is -2.78. The van der Waals surface area contributed by atoms with Crippen molar-refractivity contribution in [2.24, 2.45) is 0 Å². The molecule has 29 heavy (non-hydrogen) atoms. The first kappa shape index (κ1) is 20.9. The molecule has 10 heteroatoms. The first-order chi connectivity index (χ1) is 13.7. The highest BCUT2D eigenvalue weighted by Gasteiger charge is 2.46. The van der Waals surface area contributed by atoms with Gasteiger partial charge in [-0.2, -0.15) is 0 Å². The van der Waals surface area contributed by atoms with Crippen LogP contribution >= 0.6 is 0 Å². The van der Waals surface area contributed by atoms with Crippen LogP contribution in [0.5, 0.6) is 0 Å². The maximum absolute atomic E-state index is 13.9. The minimum absolute atomic E-state index is 0.0313. The minimum Gasteiger partial charge on any atom is -0.465 e. The van der Waals surface area contributed by atoms with Gasteiger partial charge in [-0.1, -0.05) is 6.92 Å². The lowest BCUT2D eigenvalue weighted by molar-refractivity contribution is -0.139. The maximum atomic E-state index is 13.9. The number of hydrogen-bond acceptors (Lipinski definition) is 3. The largest absolute Gasteiger partial charge is 0.465 e. The van der Waals surface area contributed by atoms with Gasteiger partial charge in [0.15, 0.2) is 11.6 Å². The van der Waals surface area contributed by atoms with E-state index in [0.29, 0.717) is 38.1 Å². The number of carbonyl (C=O) groups is 3. The van der Waals surface area contributed by atoms with Crippen LogP contribution < -0.4 is 5.32 Å². The Balaban J connectivity index is 1.67. The van der Waals surface area contributed by atoms with Gasteiger partial charge in [0, 0.05) is 38.0 Å². The van der Waals surface area contributed by atoms with Crippen LogP contribution in [0.3, 0.4) is 0 Å². The number of hydrogen-bond donors (Lipinski definition) is 2. The second kappa shape index (κ2) is 8.30. The molecular weight excluding hydrogens is 391 g/mol. The van der Waals surface area contributed by atoms with E-state index < -0.39 is 29.6 Å². The maximum Gasteiger partial charge on any atom is 0.404 e. The molecule has 2 aliphatic rings. The first-order valence-electron chi connectivity index (χ1n) is 9.41. The molecule has 3 atom stereocenters. The normalized spacial score (nSPS) is 21.4. The van der Waals surface area contributed by atoms with Crippen molar-refractivity contribution in [2.45, 2.75) is 50.7 Å². The van der Waals surface area contributed by atoms with Gasteiger partial charge in [-0.25, -0.2) is 18.0 Å². The van der Waals surface area contributed by atoms with Gasteiger partial charge in [-0.05, 0) is 24.5 Å². The zero-order valence-electron chi connectivity index (χ0n) is 15.8. The molecular formula is C19H22F3N3O4. The summed E-state index contributed by atoms with van der Waals surface area (Å²) >= 11 is 0. The molecule has 0 radical (unpaired) electrons. The van der Waals surface area contributed by atoms with E-state index in [1.165, 1.54) is 0 Å². The lowest BCUT2D eigenvalue weighted by Gasteiger charge is -2.35. The topological polar surface area (TPSA) is 90.0 Å². The fourth-order valence-corrected chi connectivity index (χ4v) is 4.14. The summed E-state index contributed by atoms with van der Waals surface area (Å²) < 4.78 is 40.5.